The van der Waals surface area contributed by atoms with E-state index in [1.54, 1.807) is 47.1 Å². The SMILES string of the molecule is Cc1ccc(Cn2cc(NC(=O)CNC(=O)c3cc4occc4n3C)cn2)cc1. The zero-order chi connectivity index (χ0) is 20.4. The summed E-state index contributed by atoms with van der Waals surface area (Å²) in [4.78, 5) is 24.5. The van der Waals surface area contributed by atoms with Gasteiger partial charge in [-0.25, -0.2) is 0 Å². The zero-order valence-corrected chi connectivity index (χ0v) is 16.2. The van der Waals surface area contributed by atoms with E-state index in [0.29, 0.717) is 23.5 Å². The lowest BCUT2D eigenvalue weighted by Crippen LogP contribution is -2.33. The van der Waals surface area contributed by atoms with Gasteiger partial charge in [0.2, 0.25) is 5.91 Å². The first kappa shape index (κ1) is 18.5. The molecule has 2 N–H and O–H groups in total. The Bertz CT molecular complexity index is 1170. The summed E-state index contributed by atoms with van der Waals surface area (Å²) >= 11 is 0. The molecule has 2 amide bonds. The van der Waals surface area contributed by atoms with Crippen molar-refractivity contribution in [3.63, 3.8) is 0 Å². The summed E-state index contributed by atoms with van der Waals surface area (Å²) < 4.78 is 8.77. The minimum Gasteiger partial charge on any atom is -0.463 e. The largest absolute Gasteiger partial charge is 0.463 e. The molecule has 0 atom stereocenters. The van der Waals surface area contributed by atoms with Crippen LogP contribution in [0.2, 0.25) is 0 Å². The molecule has 0 unspecified atom stereocenters. The molecule has 8 heteroatoms. The Labute approximate surface area is 167 Å². The zero-order valence-electron chi connectivity index (χ0n) is 16.2. The van der Waals surface area contributed by atoms with Crippen LogP contribution in [0.4, 0.5) is 5.69 Å². The van der Waals surface area contributed by atoms with E-state index in [0.717, 1.165) is 11.1 Å². The molecule has 0 aliphatic rings. The van der Waals surface area contributed by atoms with Crippen molar-refractivity contribution < 1.29 is 14.0 Å². The number of aryl methyl sites for hydroxylation is 2. The molecule has 0 saturated heterocycles. The molecule has 0 spiro atoms. The Morgan fingerprint density at radius 2 is 1.97 bits per heavy atom. The van der Waals surface area contributed by atoms with Crippen LogP contribution in [0.15, 0.2) is 59.5 Å². The van der Waals surface area contributed by atoms with Gasteiger partial charge in [0.05, 0.1) is 36.8 Å². The van der Waals surface area contributed by atoms with Crippen LogP contribution in [-0.2, 0) is 18.4 Å². The average molecular weight is 391 g/mol. The van der Waals surface area contributed by atoms with Gasteiger partial charge in [0.15, 0.2) is 5.58 Å². The molecular formula is C21H21N5O3. The summed E-state index contributed by atoms with van der Waals surface area (Å²) in [6, 6.07) is 11.6. The normalized spacial score (nSPS) is 11.0. The number of aromatic nitrogens is 3. The first-order valence-electron chi connectivity index (χ1n) is 9.18. The molecule has 0 aliphatic carbocycles. The fourth-order valence-electron chi connectivity index (χ4n) is 3.12. The first-order chi connectivity index (χ1) is 14.0. The fraction of sp³-hybridized carbons (Fsp3) is 0.190. The smallest absolute Gasteiger partial charge is 0.268 e. The van der Waals surface area contributed by atoms with Crippen molar-refractivity contribution in [3.8, 4) is 0 Å². The Hall–Kier alpha value is -3.81. The standard InChI is InChI=1S/C21H21N5O3/c1-14-3-5-15(6-4-14)12-26-13-16(10-23-26)24-20(27)11-22-21(28)18-9-19-17(25(18)2)7-8-29-19/h3-10,13H,11-12H2,1-2H3,(H,22,28)(H,24,27). The molecule has 1 aromatic carbocycles. The summed E-state index contributed by atoms with van der Waals surface area (Å²) in [6.07, 6.45) is 4.91. The minimum atomic E-state index is -0.343. The molecule has 0 fully saturated rings. The number of furan rings is 1. The molecule has 3 aromatic heterocycles. The van der Waals surface area contributed by atoms with Crippen molar-refractivity contribution in [2.45, 2.75) is 13.5 Å². The maximum atomic E-state index is 12.4. The molecule has 8 nitrogen and oxygen atoms in total. The van der Waals surface area contributed by atoms with Gasteiger partial charge in [-0.1, -0.05) is 29.8 Å². The number of amides is 2. The molecular weight excluding hydrogens is 370 g/mol. The Morgan fingerprint density at radius 3 is 2.72 bits per heavy atom. The Balaban J connectivity index is 1.31. The average Bonchev–Trinajstić information content (AvgIpc) is 3.40. The molecule has 0 radical (unpaired) electrons. The van der Waals surface area contributed by atoms with E-state index in [1.165, 1.54) is 5.56 Å². The monoisotopic (exact) mass is 391 g/mol. The molecule has 148 valence electrons. The Kier molecular flexibility index (Phi) is 4.90. The number of hydrogen-bond donors (Lipinski definition) is 2. The van der Waals surface area contributed by atoms with Crippen molar-refractivity contribution in [2.24, 2.45) is 7.05 Å². The van der Waals surface area contributed by atoms with Crippen molar-refractivity contribution in [2.75, 3.05) is 11.9 Å². The van der Waals surface area contributed by atoms with Crippen LogP contribution in [0, 0.1) is 6.92 Å². The highest BCUT2D eigenvalue weighted by Gasteiger charge is 2.16. The maximum Gasteiger partial charge on any atom is 0.268 e. The highest BCUT2D eigenvalue weighted by molar-refractivity contribution is 6.00. The van der Waals surface area contributed by atoms with E-state index in [-0.39, 0.29) is 18.4 Å². The lowest BCUT2D eigenvalue weighted by atomic mass is 10.1. The highest BCUT2D eigenvalue weighted by atomic mass is 16.3. The molecule has 4 aromatic rings. The second-order valence-electron chi connectivity index (χ2n) is 6.90. The molecule has 29 heavy (non-hydrogen) atoms. The van der Waals surface area contributed by atoms with Crippen LogP contribution < -0.4 is 10.6 Å². The van der Waals surface area contributed by atoms with E-state index in [4.69, 9.17) is 4.42 Å². The van der Waals surface area contributed by atoms with Crippen LogP contribution in [0.1, 0.15) is 21.6 Å². The van der Waals surface area contributed by atoms with Gasteiger partial charge in [-0.2, -0.15) is 5.10 Å². The van der Waals surface area contributed by atoms with Gasteiger partial charge in [0.1, 0.15) is 5.69 Å². The maximum absolute atomic E-state index is 12.4. The van der Waals surface area contributed by atoms with Gasteiger partial charge in [-0.15, -0.1) is 0 Å². The number of fused-ring (bicyclic) bond motifs is 1. The second kappa shape index (κ2) is 7.67. The first-order valence-corrected chi connectivity index (χ1v) is 9.18. The van der Waals surface area contributed by atoms with Crippen LogP contribution in [0.5, 0.6) is 0 Å². The van der Waals surface area contributed by atoms with Crippen molar-refractivity contribution in [3.05, 3.63) is 71.9 Å². The van der Waals surface area contributed by atoms with Gasteiger partial charge < -0.3 is 19.6 Å². The summed E-state index contributed by atoms with van der Waals surface area (Å²) in [5.41, 5.74) is 4.78. The third-order valence-electron chi connectivity index (χ3n) is 4.69. The number of carbonyl (C=O) groups is 2. The van der Waals surface area contributed by atoms with Crippen molar-refractivity contribution >= 4 is 28.6 Å². The summed E-state index contributed by atoms with van der Waals surface area (Å²) in [7, 11) is 1.77. The Morgan fingerprint density at radius 1 is 1.17 bits per heavy atom. The number of anilines is 1. The van der Waals surface area contributed by atoms with Crippen molar-refractivity contribution in [1.29, 1.82) is 0 Å². The van der Waals surface area contributed by atoms with Gasteiger partial charge in [-0.05, 0) is 12.5 Å². The minimum absolute atomic E-state index is 0.144. The fourth-order valence-corrected chi connectivity index (χ4v) is 3.12. The number of hydrogen-bond acceptors (Lipinski definition) is 4. The van der Waals surface area contributed by atoms with Crippen LogP contribution >= 0.6 is 0 Å². The van der Waals surface area contributed by atoms with Gasteiger partial charge >= 0.3 is 0 Å². The molecule has 4 rings (SSSR count). The van der Waals surface area contributed by atoms with Crippen molar-refractivity contribution in [1.82, 2.24) is 19.7 Å². The lowest BCUT2D eigenvalue weighted by molar-refractivity contribution is -0.115. The highest BCUT2D eigenvalue weighted by Crippen LogP contribution is 2.19. The molecule has 3 heterocycles. The summed E-state index contributed by atoms with van der Waals surface area (Å²) in [6.45, 7) is 2.51. The molecule has 0 aliphatic heterocycles. The van der Waals surface area contributed by atoms with Gasteiger partial charge in [-0.3, -0.25) is 14.3 Å². The lowest BCUT2D eigenvalue weighted by Gasteiger charge is -2.06. The topological polar surface area (TPSA) is 94.1 Å². The molecule has 0 saturated carbocycles. The summed E-state index contributed by atoms with van der Waals surface area (Å²) in [5, 5.41) is 9.62. The third kappa shape index (κ3) is 4.06. The van der Waals surface area contributed by atoms with Gasteiger partial charge in [0.25, 0.3) is 5.91 Å². The quantitative estimate of drug-likeness (QED) is 0.528. The van der Waals surface area contributed by atoms with Crippen LogP contribution in [-0.4, -0.2) is 32.7 Å². The second-order valence-corrected chi connectivity index (χ2v) is 6.90. The predicted octanol–water partition coefficient (Wildman–Crippen LogP) is 2.69. The van der Waals surface area contributed by atoms with Crippen LogP contribution in [0.3, 0.4) is 0 Å². The number of rotatable bonds is 6. The number of nitrogens with one attached hydrogen (secondary N) is 2. The van der Waals surface area contributed by atoms with Crippen LogP contribution in [0.25, 0.3) is 11.1 Å². The number of carbonyl (C=O) groups excluding carboxylic acids is 2. The predicted molar refractivity (Wildman–Crippen MR) is 109 cm³/mol. The van der Waals surface area contributed by atoms with E-state index in [2.05, 4.69) is 15.7 Å². The number of benzene rings is 1. The third-order valence-corrected chi connectivity index (χ3v) is 4.69. The van der Waals surface area contributed by atoms with E-state index < -0.39 is 0 Å². The molecule has 0 bridgehead atoms. The van der Waals surface area contributed by atoms with E-state index in [9.17, 15) is 9.59 Å². The number of nitrogens with zero attached hydrogens (tertiary/aromatic N) is 3. The van der Waals surface area contributed by atoms with Gasteiger partial charge in [0, 0.05) is 25.4 Å². The summed E-state index contributed by atoms with van der Waals surface area (Å²) in [5.74, 6) is -0.671. The van der Waals surface area contributed by atoms with E-state index >= 15 is 0 Å². The van der Waals surface area contributed by atoms with E-state index in [1.807, 2.05) is 31.2 Å².